The summed E-state index contributed by atoms with van der Waals surface area (Å²) in [6, 6.07) is 19.7. The molecule has 0 aliphatic carbocycles. The third kappa shape index (κ3) is 7.06. The van der Waals surface area contributed by atoms with Gasteiger partial charge >= 0.3 is 0 Å². The highest BCUT2D eigenvalue weighted by atomic mass is 16.5. The van der Waals surface area contributed by atoms with Gasteiger partial charge in [0.05, 0.1) is 18.7 Å². The fraction of sp³-hybridized carbons (Fsp3) is 0.286. The van der Waals surface area contributed by atoms with Crippen LogP contribution >= 0.6 is 0 Å². The Morgan fingerprint density at radius 2 is 1.70 bits per heavy atom. The predicted octanol–water partition coefficient (Wildman–Crippen LogP) is 3.76. The average Bonchev–Trinajstić information content (AvgIpc) is 3.15. The van der Waals surface area contributed by atoms with E-state index < -0.39 is 0 Å². The second-order valence-corrected chi connectivity index (χ2v) is 8.64. The van der Waals surface area contributed by atoms with Crippen LogP contribution in [0.25, 0.3) is 0 Å². The molecule has 0 radical (unpaired) electrons. The average molecular weight is 499 g/mol. The molecule has 0 unspecified atom stereocenters. The first-order chi connectivity index (χ1) is 18.1. The Labute approximate surface area is 216 Å². The maximum Gasteiger partial charge on any atom is 0.255 e. The number of hydrogen-bond acceptors (Lipinski definition) is 7. The molecule has 1 aliphatic heterocycles. The molecule has 0 bridgehead atoms. The molecule has 2 N–H and O–H groups in total. The fourth-order valence-electron chi connectivity index (χ4n) is 4.19. The van der Waals surface area contributed by atoms with Crippen LogP contribution in [0.1, 0.15) is 29.3 Å². The quantitative estimate of drug-likeness (QED) is 0.487. The summed E-state index contributed by atoms with van der Waals surface area (Å²) in [5.41, 5.74) is 2.36. The van der Waals surface area contributed by atoms with Gasteiger partial charge < -0.3 is 20.3 Å². The first kappa shape index (κ1) is 25.7. The third-order valence-electron chi connectivity index (χ3n) is 6.02. The monoisotopic (exact) mass is 498 g/mol. The molecule has 3 aromatic rings. The highest BCUT2D eigenvalue weighted by Gasteiger charge is 2.20. The Kier molecular flexibility index (Phi) is 8.68. The molecule has 0 atom stereocenters. The summed E-state index contributed by atoms with van der Waals surface area (Å²) in [5.74, 6) is 1.10. The highest BCUT2D eigenvalue weighted by molar-refractivity contribution is 6.04. The number of nitrogens with zero attached hydrogens (tertiary/aromatic N) is 4. The van der Waals surface area contributed by atoms with Gasteiger partial charge in [0.25, 0.3) is 5.91 Å². The van der Waals surface area contributed by atoms with E-state index in [2.05, 4.69) is 31.5 Å². The van der Waals surface area contributed by atoms with Crippen LogP contribution in [0.2, 0.25) is 0 Å². The molecule has 37 heavy (non-hydrogen) atoms. The number of benzene rings is 2. The van der Waals surface area contributed by atoms with Gasteiger partial charge in [-0.3, -0.25) is 14.5 Å². The summed E-state index contributed by atoms with van der Waals surface area (Å²) in [6.45, 7) is 5.72. The number of amides is 2. The van der Waals surface area contributed by atoms with Gasteiger partial charge in [0.2, 0.25) is 5.91 Å². The number of carbonyl (C=O) groups is 2. The van der Waals surface area contributed by atoms with Crippen LogP contribution in [0.15, 0.2) is 66.9 Å². The van der Waals surface area contributed by atoms with E-state index in [4.69, 9.17) is 4.74 Å². The summed E-state index contributed by atoms with van der Waals surface area (Å²) in [6.07, 6.45) is 2.56. The van der Waals surface area contributed by atoms with Crippen LogP contribution in [-0.4, -0.2) is 61.0 Å². The van der Waals surface area contributed by atoms with Gasteiger partial charge in [-0.15, -0.1) is 0 Å². The molecule has 190 valence electrons. The van der Waals surface area contributed by atoms with E-state index >= 15 is 0 Å². The minimum atomic E-state index is -0.233. The zero-order valence-corrected chi connectivity index (χ0v) is 20.8. The standard InChI is InChI=1S/C28H30N6O3/c1-2-37-25-12-10-24(11-13-25)32-28(36)21-6-8-23(9-7-21)31-26(35)20-33-15-4-16-34(18-17-33)27-22(19-29)5-3-14-30-27/h3,5-14H,2,4,15-18,20H2,1H3,(H,31,35)(H,32,36). The largest absolute Gasteiger partial charge is 0.494 e. The number of nitriles is 1. The van der Waals surface area contributed by atoms with Crippen LogP contribution in [0.5, 0.6) is 5.75 Å². The van der Waals surface area contributed by atoms with Gasteiger partial charge in [-0.1, -0.05) is 0 Å². The van der Waals surface area contributed by atoms with E-state index in [-0.39, 0.29) is 18.4 Å². The van der Waals surface area contributed by atoms with Crippen molar-refractivity contribution in [3.05, 3.63) is 78.0 Å². The topological polar surface area (TPSA) is 111 Å². The zero-order chi connectivity index (χ0) is 26.0. The third-order valence-corrected chi connectivity index (χ3v) is 6.02. The van der Waals surface area contributed by atoms with Crippen molar-refractivity contribution in [2.45, 2.75) is 13.3 Å². The molecule has 1 fully saturated rings. The molecule has 4 rings (SSSR count). The van der Waals surface area contributed by atoms with E-state index in [1.165, 1.54) is 0 Å². The van der Waals surface area contributed by atoms with Gasteiger partial charge in [-0.25, -0.2) is 4.98 Å². The van der Waals surface area contributed by atoms with Crippen molar-refractivity contribution in [3.8, 4) is 11.8 Å². The highest BCUT2D eigenvalue weighted by Crippen LogP contribution is 2.19. The van der Waals surface area contributed by atoms with Crippen LogP contribution < -0.4 is 20.3 Å². The summed E-state index contributed by atoms with van der Waals surface area (Å²) in [7, 11) is 0. The van der Waals surface area contributed by atoms with E-state index in [1.807, 2.05) is 19.1 Å². The molecule has 2 aromatic carbocycles. The fourth-order valence-corrected chi connectivity index (χ4v) is 4.19. The molecule has 0 spiro atoms. The zero-order valence-electron chi connectivity index (χ0n) is 20.8. The maximum atomic E-state index is 12.7. The lowest BCUT2D eigenvalue weighted by molar-refractivity contribution is -0.117. The van der Waals surface area contributed by atoms with Crippen LogP contribution in [0.4, 0.5) is 17.2 Å². The lowest BCUT2D eigenvalue weighted by Crippen LogP contribution is -2.36. The molecule has 2 amide bonds. The number of nitrogens with one attached hydrogen (secondary N) is 2. The molecular weight excluding hydrogens is 468 g/mol. The number of aromatic nitrogens is 1. The number of hydrogen-bond donors (Lipinski definition) is 2. The second kappa shape index (κ2) is 12.5. The molecule has 0 saturated carbocycles. The van der Waals surface area contributed by atoms with Gasteiger partial charge in [0.1, 0.15) is 17.6 Å². The summed E-state index contributed by atoms with van der Waals surface area (Å²) < 4.78 is 5.42. The Morgan fingerprint density at radius 3 is 2.43 bits per heavy atom. The summed E-state index contributed by atoms with van der Waals surface area (Å²) in [5, 5.41) is 15.1. The van der Waals surface area contributed by atoms with Gasteiger partial charge in [0, 0.05) is 49.3 Å². The van der Waals surface area contributed by atoms with Crippen molar-refractivity contribution in [2.24, 2.45) is 0 Å². The predicted molar refractivity (Wildman–Crippen MR) is 143 cm³/mol. The van der Waals surface area contributed by atoms with Crippen molar-refractivity contribution < 1.29 is 14.3 Å². The SMILES string of the molecule is CCOc1ccc(NC(=O)c2ccc(NC(=O)CN3CCCN(c4ncccc4C#N)CC3)cc2)cc1. The lowest BCUT2D eigenvalue weighted by Gasteiger charge is -2.23. The van der Waals surface area contributed by atoms with E-state index in [1.54, 1.807) is 54.7 Å². The first-order valence-corrected chi connectivity index (χ1v) is 12.3. The molecule has 1 aromatic heterocycles. The minimum Gasteiger partial charge on any atom is -0.494 e. The minimum absolute atomic E-state index is 0.115. The number of ether oxygens (including phenoxy) is 1. The molecule has 1 aliphatic rings. The number of rotatable bonds is 8. The molecular formula is C28H30N6O3. The van der Waals surface area contributed by atoms with Crippen molar-refractivity contribution in [1.29, 1.82) is 5.26 Å². The Bertz CT molecular complexity index is 1250. The van der Waals surface area contributed by atoms with Crippen LogP contribution in [0.3, 0.4) is 0 Å². The Morgan fingerprint density at radius 1 is 0.973 bits per heavy atom. The molecule has 1 saturated heterocycles. The number of anilines is 3. The summed E-state index contributed by atoms with van der Waals surface area (Å²) >= 11 is 0. The lowest BCUT2D eigenvalue weighted by atomic mass is 10.2. The Balaban J connectivity index is 1.26. The van der Waals surface area contributed by atoms with Gasteiger partial charge in [-0.2, -0.15) is 5.26 Å². The van der Waals surface area contributed by atoms with Crippen LogP contribution in [-0.2, 0) is 4.79 Å². The number of carbonyl (C=O) groups excluding carboxylic acids is 2. The summed E-state index contributed by atoms with van der Waals surface area (Å²) in [4.78, 5) is 33.8. The maximum absolute atomic E-state index is 12.7. The van der Waals surface area contributed by atoms with Crippen molar-refractivity contribution >= 4 is 29.0 Å². The smallest absolute Gasteiger partial charge is 0.255 e. The second-order valence-electron chi connectivity index (χ2n) is 8.64. The van der Waals surface area contributed by atoms with E-state index in [9.17, 15) is 14.9 Å². The Hall–Kier alpha value is -4.42. The van der Waals surface area contributed by atoms with E-state index in [0.29, 0.717) is 48.0 Å². The molecule has 2 heterocycles. The van der Waals surface area contributed by atoms with Crippen molar-refractivity contribution in [1.82, 2.24) is 9.88 Å². The molecule has 9 heteroatoms. The van der Waals surface area contributed by atoms with Crippen molar-refractivity contribution in [2.75, 3.05) is 54.9 Å². The van der Waals surface area contributed by atoms with Crippen LogP contribution in [0, 0.1) is 11.3 Å². The normalized spacial score (nSPS) is 13.8. The van der Waals surface area contributed by atoms with E-state index in [0.717, 1.165) is 25.3 Å². The van der Waals surface area contributed by atoms with Gasteiger partial charge in [-0.05, 0) is 74.0 Å². The van der Waals surface area contributed by atoms with Crippen molar-refractivity contribution in [3.63, 3.8) is 0 Å². The first-order valence-electron chi connectivity index (χ1n) is 12.3. The number of pyridine rings is 1. The molecule has 9 nitrogen and oxygen atoms in total. The van der Waals surface area contributed by atoms with Gasteiger partial charge in [0.15, 0.2) is 0 Å².